The first-order chi connectivity index (χ1) is 56.5. The highest BCUT2D eigenvalue weighted by Crippen LogP contribution is 2.52. The Bertz CT molecular complexity index is 7100. The van der Waals surface area contributed by atoms with Crippen LogP contribution in [0.15, 0.2) is 301 Å². The van der Waals surface area contributed by atoms with Gasteiger partial charge in [-0.3, -0.25) is 0 Å². The average molecular weight is 1380 g/mol. The molecule has 0 atom stereocenters. The molecule has 0 N–H and O–H groups in total. The quantitative estimate of drug-likeness (QED) is 0.142. The Balaban J connectivity index is 0.986. The van der Waals surface area contributed by atoms with Crippen molar-refractivity contribution in [3.8, 4) is 55.9 Å². The fourth-order valence-corrected chi connectivity index (χ4v) is 16.4. The highest BCUT2D eigenvalue weighted by Gasteiger charge is 2.45. The largest absolute Gasteiger partial charge is 0.452 e. The van der Waals surface area contributed by atoms with Crippen LogP contribution in [0.2, 0.25) is 0 Å². The van der Waals surface area contributed by atoms with Gasteiger partial charge in [0.05, 0.1) is 56.9 Å². The van der Waals surface area contributed by atoms with Crippen LogP contribution in [-0.4, -0.2) is 15.8 Å². The van der Waals surface area contributed by atoms with Crippen molar-refractivity contribution in [3.05, 3.63) is 319 Å². The number of para-hydroxylation sites is 4. The molecule has 2 aliphatic heterocycles. The second-order valence-corrected chi connectivity index (χ2v) is 32.8. The second kappa shape index (κ2) is 23.8. The van der Waals surface area contributed by atoms with E-state index in [0.29, 0.717) is 38.9 Å². The number of benzene rings is 14. The zero-order valence-corrected chi connectivity index (χ0v) is 61.6. The predicted octanol–water partition coefficient (Wildman–Crippen LogP) is 25.7. The van der Waals surface area contributed by atoms with Gasteiger partial charge in [-0.25, -0.2) is 0 Å². The molecule has 3 aromatic heterocycles. The molecule has 5 heterocycles. The Morgan fingerprint density at radius 3 is 1.32 bits per heavy atom. The Kier molecular flexibility index (Phi) is 11.7. The van der Waals surface area contributed by atoms with E-state index >= 15 is 0 Å². The lowest BCUT2D eigenvalue weighted by atomic mass is 9.33. The Morgan fingerprint density at radius 1 is 0.274 bits per heavy atom. The highest BCUT2D eigenvalue weighted by atomic mass is 16.3. The van der Waals surface area contributed by atoms with E-state index in [1.54, 1.807) is 6.07 Å². The fraction of sp³-hybridized carbons (Fsp3) is 0.160. The molecular formula is C100H85BN4O. The number of fused-ring (bicyclic) bond motifs is 13. The van der Waals surface area contributed by atoms with Crippen LogP contribution in [0.25, 0.3) is 121 Å². The van der Waals surface area contributed by atoms with Crippen molar-refractivity contribution in [2.45, 2.75) is 105 Å². The molecular weight excluding hydrogens is 1280 g/mol. The van der Waals surface area contributed by atoms with Gasteiger partial charge in [-0.15, -0.1) is 0 Å². The van der Waals surface area contributed by atoms with Gasteiger partial charge in [0.15, 0.2) is 11.2 Å². The zero-order valence-electron chi connectivity index (χ0n) is 74.6. The normalized spacial score (nSPS) is 14.9. The topological polar surface area (TPSA) is 29.5 Å². The molecule has 5 nitrogen and oxygen atoms in total. The molecule has 514 valence electrons. The van der Waals surface area contributed by atoms with Crippen LogP contribution >= 0.6 is 0 Å². The minimum absolute atomic E-state index is 0.0341. The van der Waals surface area contributed by atoms with Crippen LogP contribution in [0.4, 0.5) is 34.1 Å². The van der Waals surface area contributed by atoms with Crippen molar-refractivity contribution >= 4 is 123 Å². The molecule has 17 aromatic rings. The standard InChI is InChI=1S/C100H85BN4O/c1-97(2,3)70-44-40-64(41-45-70)69-52-68(63-28-17-14-18-29-63)54-74(55-69)103-90-56-66(62-26-15-13-16-27-62)42-48-82(90)101-83-49-43-67(65-30-23-31-71(53-65)98(4,5)6)57-91(83)105(89-39-25-35-79-78-34-24-38-88(95(78)106-96(79)89)104-84-36-21-19-32-76(84)77-33-20-22-37-85(77)104)93-61-75(60-92(103)94(93)101)102-86-50-46-72(99(7,8)9)58-80(86)81-59-73(100(10,11)12)47-51-87(81)102/h13-61H,1-12H3/i13D,15D,16D,19D,20D,21D,22D,26D,27D,32D,33D,36D,37D. The number of nitrogens with zero attached hydrogens (tertiary/aromatic N) is 4. The lowest BCUT2D eigenvalue weighted by Gasteiger charge is -2.44. The molecule has 0 saturated carbocycles. The number of furan rings is 1. The van der Waals surface area contributed by atoms with Crippen LogP contribution < -0.4 is 26.2 Å². The van der Waals surface area contributed by atoms with Gasteiger partial charge in [0.25, 0.3) is 6.71 Å². The summed E-state index contributed by atoms with van der Waals surface area (Å²) in [5.41, 5.74) is 21.1. The smallest absolute Gasteiger partial charge is 0.252 e. The van der Waals surface area contributed by atoms with E-state index < -0.39 is 73.2 Å². The van der Waals surface area contributed by atoms with Crippen molar-refractivity contribution in [1.29, 1.82) is 0 Å². The molecule has 0 unspecified atom stereocenters. The van der Waals surface area contributed by atoms with E-state index in [1.807, 2.05) is 54.6 Å². The molecule has 14 aromatic carbocycles. The minimum atomic E-state index is -0.574. The monoisotopic (exact) mass is 1380 g/mol. The predicted molar refractivity (Wildman–Crippen MR) is 453 cm³/mol. The summed E-state index contributed by atoms with van der Waals surface area (Å²) in [7, 11) is 0. The van der Waals surface area contributed by atoms with Crippen LogP contribution in [0.1, 0.15) is 123 Å². The molecule has 0 radical (unpaired) electrons. The SMILES string of the molecule is [2H]c1c([2H])c([2H])c(-c2ccc3c(c2)N(c2cc(-c4ccccc4)cc(-c4ccc(C(C)(C)C)cc4)c2)c2cc(-n4c5ccc(C(C)(C)C)cc5c5cc(C(C)(C)C)ccc54)cc4c2B3c2ccc(-c3cccc(C(C)(C)C)c3)cc2N4c2cccc3c2oc2c(-n4c5c([2H])c([2H])c([2H])c([2H])c5c5c([2H])c([2H])c([2H])c([2H])c54)cccc23)c([2H])c1[2H]. The van der Waals surface area contributed by atoms with E-state index in [4.69, 9.17) is 14.0 Å². The summed E-state index contributed by atoms with van der Waals surface area (Å²) in [6.45, 7) is 26.2. The average Bonchev–Trinajstić information content (AvgIpc) is 1.69. The minimum Gasteiger partial charge on any atom is -0.452 e. The molecule has 106 heavy (non-hydrogen) atoms. The van der Waals surface area contributed by atoms with Gasteiger partial charge in [-0.1, -0.05) is 289 Å². The maximum Gasteiger partial charge on any atom is 0.252 e. The lowest BCUT2D eigenvalue weighted by Crippen LogP contribution is -2.61. The molecule has 0 saturated heterocycles. The zero-order chi connectivity index (χ0) is 83.8. The van der Waals surface area contributed by atoms with Crippen molar-refractivity contribution in [2.75, 3.05) is 9.80 Å². The fourth-order valence-electron chi connectivity index (χ4n) is 16.4. The molecule has 0 aliphatic carbocycles. The van der Waals surface area contributed by atoms with Crippen molar-refractivity contribution in [3.63, 3.8) is 0 Å². The first-order valence-corrected chi connectivity index (χ1v) is 36.6. The Labute approximate surface area is 640 Å². The van der Waals surface area contributed by atoms with Gasteiger partial charge >= 0.3 is 0 Å². The summed E-state index contributed by atoms with van der Waals surface area (Å²) >= 11 is 0. The third-order valence-electron chi connectivity index (χ3n) is 22.0. The summed E-state index contributed by atoms with van der Waals surface area (Å²) < 4.78 is 132. The van der Waals surface area contributed by atoms with E-state index in [1.165, 1.54) is 21.3 Å². The number of anilines is 6. The molecule has 2 aliphatic rings. The van der Waals surface area contributed by atoms with Gasteiger partial charge in [0, 0.05) is 60.8 Å². The number of hydrogen-bond acceptors (Lipinski definition) is 3. The summed E-state index contributed by atoms with van der Waals surface area (Å²) in [5.74, 6) is 0. The van der Waals surface area contributed by atoms with Gasteiger partial charge in [-0.05, 0) is 196 Å². The molecule has 0 spiro atoms. The van der Waals surface area contributed by atoms with E-state index in [9.17, 15) is 8.22 Å². The van der Waals surface area contributed by atoms with E-state index in [-0.39, 0.29) is 66.8 Å². The third kappa shape index (κ3) is 10.5. The number of hydrogen-bond donors (Lipinski definition) is 0. The van der Waals surface area contributed by atoms with E-state index in [2.05, 4.69) is 255 Å². The lowest BCUT2D eigenvalue weighted by molar-refractivity contribution is 0.590. The van der Waals surface area contributed by atoms with Gasteiger partial charge in [-0.2, -0.15) is 0 Å². The Morgan fingerprint density at radius 2 is 0.736 bits per heavy atom. The summed E-state index contributed by atoms with van der Waals surface area (Å²) in [4.78, 5) is 4.66. The maximum atomic E-state index is 9.64. The second-order valence-electron chi connectivity index (χ2n) is 32.8. The van der Waals surface area contributed by atoms with Gasteiger partial charge in [0.1, 0.15) is 0 Å². The first kappa shape index (κ1) is 52.2. The van der Waals surface area contributed by atoms with Crippen molar-refractivity contribution in [1.82, 2.24) is 9.13 Å². The summed E-state index contributed by atoms with van der Waals surface area (Å²) in [5, 5.41) is 3.37. The number of rotatable bonds is 8. The molecule has 0 amide bonds. The summed E-state index contributed by atoms with van der Waals surface area (Å²) in [6.07, 6.45) is 0. The molecule has 6 heteroatoms. The first-order valence-electron chi connectivity index (χ1n) is 43.1. The van der Waals surface area contributed by atoms with Crippen LogP contribution in [0, 0.1) is 0 Å². The molecule has 19 rings (SSSR count). The van der Waals surface area contributed by atoms with Crippen molar-refractivity contribution in [2.24, 2.45) is 0 Å². The summed E-state index contributed by atoms with van der Waals surface area (Å²) in [6, 6.07) is 71.3. The van der Waals surface area contributed by atoms with Crippen LogP contribution in [0.3, 0.4) is 0 Å². The van der Waals surface area contributed by atoms with Crippen LogP contribution in [-0.2, 0) is 21.7 Å². The maximum absolute atomic E-state index is 9.64. The van der Waals surface area contributed by atoms with Gasteiger partial charge in [0.2, 0.25) is 0 Å². The van der Waals surface area contributed by atoms with E-state index in [0.717, 1.165) is 106 Å². The Hall–Kier alpha value is -11.9. The molecule has 0 bridgehead atoms. The molecule has 0 fully saturated rings. The van der Waals surface area contributed by atoms with Gasteiger partial charge < -0.3 is 23.4 Å². The number of aromatic nitrogens is 2. The third-order valence-corrected chi connectivity index (χ3v) is 22.0. The van der Waals surface area contributed by atoms with Crippen molar-refractivity contribution < 1.29 is 22.2 Å². The highest BCUT2D eigenvalue weighted by molar-refractivity contribution is 7.00. The van der Waals surface area contributed by atoms with Crippen LogP contribution in [0.5, 0.6) is 0 Å².